The molecule has 3 heterocycles. The quantitative estimate of drug-likeness (QED) is 0.509. The van der Waals surface area contributed by atoms with E-state index in [-0.39, 0.29) is 5.56 Å². The predicted molar refractivity (Wildman–Crippen MR) is 56.8 cm³/mol. The maximum absolute atomic E-state index is 11.5. The van der Waals surface area contributed by atoms with Gasteiger partial charge in [0.1, 0.15) is 5.65 Å². The van der Waals surface area contributed by atoms with Crippen molar-refractivity contribution in [3.8, 4) is 0 Å². The van der Waals surface area contributed by atoms with Crippen LogP contribution in [0.25, 0.3) is 16.4 Å². The summed E-state index contributed by atoms with van der Waals surface area (Å²) in [5.74, 6) is 0. The minimum atomic E-state index is -0.0706. The number of pyridine rings is 2. The van der Waals surface area contributed by atoms with Gasteiger partial charge >= 0.3 is 0 Å². The summed E-state index contributed by atoms with van der Waals surface area (Å²) in [4.78, 5) is 19.8. The Kier molecular flexibility index (Phi) is 1.56. The van der Waals surface area contributed by atoms with Gasteiger partial charge in [0.2, 0.25) is 0 Å². The number of fused-ring (bicyclic) bond motifs is 3. The molecular formula is C11H7N3O. The summed E-state index contributed by atoms with van der Waals surface area (Å²) in [6, 6.07) is 5.16. The highest BCUT2D eigenvalue weighted by molar-refractivity contribution is 5.92. The Morgan fingerprint density at radius 1 is 1.13 bits per heavy atom. The summed E-state index contributed by atoms with van der Waals surface area (Å²) >= 11 is 0. The van der Waals surface area contributed by atoms with E-state index in [9.17, 15) is 4.79 Å². The third-order valence-electron chi connectivity index (χ3n) is 2.38. The van der Waals surface area contributed by atoms with Gasteiger partial charge < -0.3 is 0 Å². The van der Waals surface area contributed by atoms with E-state index in [4.69, 9.17) is 0 Å². The molecule has 0 saturated carbocycles. The van der Waals surface area contributed by atoms with Crippen LogP contribution in [0.4, 0.5) is 0 Å². The molecule has 4 nitrogen and oxygen atoms in total. The summed E-state index contributed by atoms with van der Waals surface area (Å²) in [6.45, 7) is 0. The molecule has 0 N–H and O–H groups in total. The van der Waals surface area contributed by atoms with E-state index in [2.05, 4.69) is 9.97 Å². The molecule has 15 heavy (non-hydrogen) atoms. The molecule has 3 aromatic rings. The fraction of sp³-hybridized carbons (Fsp3) is 0. The monoisotopic (exact) mass is 197 g/mol. The van der Waals surface area contributed by atoms with E-state index in [1.54, 1.807) is 18.6 Å². The van der Waals surface area contributed by atoms with E-state index in [1.807, 2.05) is 12.1 Å². The van der Waals surface area contributed by atoms with Gasteiger partial charge in [-0.3, -0.25) is 14.2 Å². The van der Waals surface area contributed by atoms with Crippen LogP contribution in [0.15, 0.2) is 47.8 Å². The van der Waals surface area contributed by atoms with Gasteiger partial charge in [-0.2, -0.15) is 0 Å². The molecule has 0 aromatic carbocycles. The van der Waals surface area contributed by atoms with E-state index in [0.29, 0.717) is 5.65 Å². The molecule has 4 heteroatoms. The summed E-state index contributed by atoms with van der Waals surface area (Å²) in [6.07, 6.45) is 6.70. The number of rotatable bonds is 0. The zero-order valence-corrected chi connectivity index (χ0v) is 7.79. The van der Waals surface area contributed by atoms with Crippen molar-refractivity contribution in [1.82, 2.24) is 14.4 Å². The Morgan fingerprint density at radius 3 is 3.00 bits per heavy atom. The van der Waals surface area contributed by atoms with E-state index >= 15 is 0 Å². The molecule has 0 aliphatic carbocycles. The van der Waals surface area contributed by atoms with Crippen molar-refractivity contribution in [2.45, 2.75) is 0 Å². The average Bonchev–Trinajstić information content (AvgIpc) is 2.29. The molecule has 0 unspecified atom stereocenters. The summed E-state index contributed by atoms with van der Waals surface area (Å²) < 4.78 is 1.53. The summed E-state index contributed by atoms with van der Waals surface area (Å²) in [5.41, 5.74) is 0.598. The topological polar surface area (TPSA) is 47.3 Å². The Morgan fingerprint density at radius 2 is 2.07 bits per heavy atom. The van der Waals surface area contributed by atoms with Crippen LogP contribution in [-0.4, -0.2) is 14.4 Å². The van der Waals surface area contributed by atoms with Gasteiger partial charge in [-0.05, 0) is 12.1 Å². The van der Waals surface area contributed by atoms with Crippen molar-refractivity contribution in [2.75, 3.05) is 0 Å². The van der Waals surface area contributed by atoms with Crippen LogP contribution in [-0.2, 0) is 0 Å². The minimum absolute atomic E-state index is 0.0706. The van der Waals surface area contributed by atoms with Crippen molar-refractivity contribution in [3.63, 3.8) is 0 Å². The van der Waals surface area contributed by atoms with Gasteiger partial charge in [0.05, 0.1) is 0 Å². The molecule has 0 radical (unpaired) electrons. The molecule has 0 atom stereocenters. The zero-order valence-electron chi connectivity index (χ0n) is 7.79. The number of hydrogen-bond donors (Lipinski definition) is 0. The maximum Gasteiger partial charge on any atom is 0.257 e. The highest BCUT2D eigenvalue weighted by Crippen LogP contribution is 2.14. The summed E-state index contributed by atoms with van der Waals surface area (Å²) in [5, 5.41) is 1.92. The standard InChI is InChI=1S/C11H7N3O/c15-10-2-5-13-11-9-1-4-12-7-8(9)3-6-14(10)11/h1-7H. The van der Waals surface area contributed by atoms with Gasteiger partial charge in [0.15, 0.2) is 0 Å². The summed E-state index contributed by atoms with van der Waals surface area (Å²) in [7, 11) is 0. The Labute approximate surface area is 84.8 Å². The Hall–Kier alpha value is -2.23. The average molecular weight is 197 g/mol. The molecule has 0 aliphatic rings. The highest BCUT2D eigenvalue weighted by atomic mass is 16.1. The normalized spacial score (nSPS) is 10.9. The molecule has 72 valence electrons. The molecule has 0 bridgehead atoms. The number of aromatic nitrogens is 3. The second-order valence-electron chi connectivity index (χ2n) is 3.26. The number of hydrogen-bond acceptors (Lipinski definition) is 3. The third-order valence-corrected chi connectivity index (χ3v) is 2.38. The van der Waals surface area contributed by atoms with Crippen LogP contribution >= 0.6 is 0 Å². The molecule has 0 aliphatic heterocycles. The highest BCUT2D eigenvalue weighted by Gasteiger charge is 2.01. The van der Waals surface area contributed by atoms with Crippen molar-refractivity contribution >= 4 is 16.4 Å². The lowest BCUT2D eigenvalue weighted by atomic mass is 10.2. The molecule has 0 amide bonds. The fourth-order valence-electron chi connectivity index (χ4n) is 1.66. The van der Waals surface area contributed by atoms with Crippen LogP contribution in [0.5, 0.6) is 0 Å². The lowest BCUT2D eigenvalue weighted by molar-refractivity contribution is 1.06. The third kappa shape index (κ3) is 1.11. The van der Waals surface area contributed by atoms with Gasteiger partial charge in [-0.25, -0.2) is 4.98 Å². The van der Waals surface area contributed by atoms with E-state index in [0.717, 1.165) is 10.8 Å². The molecular weight excluding hydrogens is 190 g/mol. The van der Waals surface area contributed by atoms with E-state index < -0.39 is 0 Å². The first-order valence-electron chi connectivity index (χ1n) is 4.56. The van der Waals surface area contributed by atoms with Gasteiger partial charge in [-0.1, -0.05) is 0 Å². The first-order chi connectivity index (χ1) is 7.36. The van der Waals surface area contributed by atoms with Crippen LogP contribution < -0.4 is 5.56 Å². The minimum Gasteiger partial charge on any atom is -0.269 e. The Balaban J connectivity index is 2.67. The van der Waals surface area contributed by atoms with Crippen molar-refractivity contribution in [1.29, 1.82) is 0 Å². The van der Waals surface area contributed by atoms with Gasteiger partial charge in [0, 0.05) is 41.6 Å². The fourth-order valence-corrected chi connectivity index (χ4v) is 1.66. The lowest BCUT2D eigenvalue weighted by Crippen LogP contribution is -2.12. The van der Waals surface area contributed by atoms with Crippen LogP contribution in [0.1, 0.15) is 0 Å². The van der Waals surface area contributed by atoms with Gasteiger partial charge in [0.25, 0.3) is 5.56 Å². The first kappa shape index (κ1) is 8.11. The van der Waals surface area contributed by atoms with Gasteiger partial charge in [-0.15, -0.1) is 0 Å². The maximum atomic E-state index is 11.5. The molecule has 3 rings (SSSR count). The zero-order chi connectivity index (χ0) is 10.3. The second-order valence-corrected chi connectivity index (χ2v) is 3.26. The van der Waals surface area contributed by atoms with Crippen LogP contribution in [0.2, 0.25) is 0 Å². The SMILES string of the molecule is O=c1ccnc2c3ccncc3ccn12. The van der Waals surface area contributed by atoms with Crippen LogP contribution in [0.3, 0.4) is 0 Å². The van der Waals surface area contributed by atoms with Crippen molar-refractivity contribution < 1.29 is 0 Å². The van der Waals surface area contributed by atoms with E-state index in [1.165, 1.54) is 16.7 Å². The lowest BCUT2D eigenvalue weighted by Gasteiger charge is -2.02. The first-order valence-corrected chi connectivity index (χ1v) is 4.56. The smallest absolute Gasteiger partial charge is 0.257 e. The van der Waals surface area contributed by atoms with Crippen molar-refractivity contribution in [2.24, 2.45) is 0 Å². The number of nitrogens with zero attached hydrogens (tertiary/aromatic N) is 3. The van der Waals surface area contributed by atoms with Crippen LogP contribution in [0, 0.1) is 0 Å². The molecule has 0 fully saturated rings. The Bertz CT molecular complexity index is 703. The van der Waals surface area contributed by atoms with Crippen molar-refractivity contribution in [3.05, 3.63) is 53.3 Å². The predicted octanol–water partition coefficient (Wildman–Crippen LogP) is 1.24. The molecule has 0 saturated heterocycles. The molecule has 0 spiro atoms. The molecule has 3 aromatic heterocycles. The second kappa shape index (κ2) is 2.88. The largest absolute Gasteiger partial charge is 0.269 e.